The number of hydrogen-bond acceptors (Lipinski definition) is 2. The third-order valence-electron chi connectivity index (χ3n) is 1.29. The topological polar surface area (TPSA) is 26.3 Å². The summed E-state index contributed by atoms with van der Waals surface area (Å²) in [7, 11) is 0. The zero-order valence-electron chi connectivity index (χ0n) is 7.89. The summed E-state index contributed by atoms with van der Waals surface area (Å²) in [6, 6.07) is 0. The molecule has 0 N–H and O–H groups in total. The molecule has 0 aromatic rings. The fourth-order valence-electron chi connectivity index (χ4n) is 0.728. The van der Waals surface area contributed by atoms with Gasteiger partial charge in [-0.2, -0.15) is 0 Å². The van der Waals surface area contributed by atoms with Gasteiger partial charge in [0.05, 0.1) is 6.10 Å². The average Bonchev–Trinajstić information content (AvgIpc) is 1.82. The Kier molecular flexibility index (Phi) is 10.6. The van der Waals surface area contributed by atoms with Crippen molar-refractivity contribution < 1.29 is 9.53 Å². The van der Waals surface area contributed by atoms with Crippen LogP contribution in [0.25, 0.3) is 0 Å². The Hall–Kier alpha value is 0.730. The van der Waals surface area contributed by atoms with Crippen LogP contribution in [-0.4, -0.2) is 49.8 Å². The van der Waals surface area contributed by atoms with Crippen molar-refractivity contribution in [1.82, 2.24) is 0 Å². The Morgan fingerprint density at radius 1 is 1.25 bits per heavy atom. The second kappa shape index (κ2) is 8.33. The van der Waals surface area contributed by atoms with Crippen molar-refractivity contribution in [2.45, 2.75) is 46.6 Å². The summed E-state index contributed by atoms with van der Waals surface area (Å²) >= 11 is 0. The van der Waals surface area contributed by atoms with Crippen LogP contribution in [0.1, 0.15) is 40.5 Å². The van der Waals surface area contributed by atoms with Crippen molar-refractivity contribution in [1.29, 1.82) is 0 Å². The van der Waals surface area contributed by atoms with Crippen molar-refractivity contribution in [3.63, 3.8) is 0 Å². The normalized spacial score (nSPS) is 9.83. The van der Waals surface area contributed by atoms with E-state index in [1.54, 1.807) is 0 Å². The third kappa shape index (κ3) is 10.7. The molecule has 0 fully saturated rings. The minimum absolute atomic E-state index is 0. The van der Waals surface area contributed by atoms with Crippen LogP contribution < -0.4 is 0 Å². The molecule has 0 aliphatic rings. The van der Waals surface area contributed by atoms with Gasteiger partial charge in [-0.25, -0.2) is 0 Å². The molecule has 0 spiro atoms. The van der Waals surface area contributed by atoms with Crippen LogP contribution in [0, 0.1) is 5.92 Å². The molecule has 0 bridgehead atoms. The summed E-state index contributed by atoms with van der Waals surface area (Å²) < 4.78 is 4.96. The van der Waals surface area contributed by atoms with Crippen molar-refractivity contribution in [2.75, 3.05) is 0 Å². The van der Waals surface area contributed by atoms with Crippen LogP contribution in [0.15, 0.2) is 0 Å². The number of rotatable bonds is 4. The Balaban J connectivity index is 0. The van der Waals surface area contributed by atoms with Gasteiger partial charge in [0.25, 0.3) is 0 Å². The summed E-state index contributed by atoms with van der Waals surface area (Å²) in [5, 5.41) is 0. The predicted octanol–water partition coefficient (Wildman–Crippen LogP) is 1.46. The molecule has 0 rings (SSSR count). The van der Waals surface area contributed by atoms with Gasteiger partial charge in [-0.15, -0.1) is 0 Å². The quantitative estimate of drug-likeness (QED) is 0.507. The van der Waals surface area contributed by atoms with E-state index in [1.165, 1.54) is 0 Å². The second-order valence-corrected chi connectivity index (χ2v) is 3.47. The third-order valence-corrected chi connectivity index (χ3v) is 1.29. The summed E-state index contributed by atoms with van der Waals surface area (Å²) in [4.78, 5) is 10.9. The van der Waals surface area contributed by atoms with Crippen LogP contribution in [-0.2, 0) is 9.53 Å². The maximum atomic E-state index is 10.9. The molecule has 0 aliphatic carbocycles. The Morgan fingerprint density at radius 3 is 2.08 bits per heavy atom. The molecule has 12 heavy (non-hydrogen) atoms. The Labute approximate surface area is 105 Å². The van der Waals surface area contributed by atoms with Crippen LogP contribution in [0.4, 0.5) is 0 Å². The van der Waals surface area contributed by atoms with Gasteiger partial charge < -0.3 is 4.74 Å². The molecule has 0 aromatic heterocycles. The molecule has 0 amide bonds. The molecular formula is C9H20CaO2. The molecule has 0 saturated heterocycles. The van der Waals surface area contributed by atoms with E-state index in [-0.39, 0.29) is 49.8 Å². The first-order chi connectivity index (χ1) is 5.02. The number of esters is 1. The van der Waals surface area contributed by atoms with Crippen molar-refractivity contribution in [3.05, 3.63) is 0 Å². The van der Waals surface area contributed by atoms with E-state index < -0.39 is 0 Å². The van der Waals surface area contributed by atoms with Crippen LogP contribution >= 0.6 is 0 Å². The average molecular weight is 200 g/mol. The second-order valence-electron chi connectivity index (χ2n) is 3.47. The minimum atomic E-state index is -0.0753. The zero-order valence-corrected chi connectivity index (χ0v) is 7.89. The molecule has 0 saturated carbocycles. The van der Waals surface area contributed by atoms with Crippen molar-refractivity contribution >= 4 is 43.7 Å². The van der Waals surface area contributed by atoms with E-state index in [0.29, 0.717) is 12.3 Å². The van der Waals surface area contributed by atoms with Gasteiger partial charge >= 0.3 is 43.7 Å². The molecule has 0 aliphatic heterocycles. The van der Waals surface area contributed by atoms with E-state index in [0.717, 1.165) is 6.42 Å². The van der Waals surface area contributed by atoms with Crippen LogP contribution in [0.2, 0.25) is 0 Å². The first-order valence-electron chi connectivity index (χ1n) is 4.22. The van der Waals surface area contributed by atoms with Gasteiger partial charge in [-0.05, 0) is 26.2 Å². The Morgan fingerprint density at radius 2 is 1.75 bits per heavy atom. The SMILES string of the molecule is CC(C)CCC(=O)OC(C)C.[CaH2]. The predicted molar refractivity (Wildman–Crippen MR) is 53.8 cm³/mol. The van der Waals surface area contributed by atoms with Crippen LogP contribution in [0.5, 0.6) is 0 Å². The molecule has 2 nitrogen and oxygen atoms in total. The zero-order chi connectivity index (χ0) is 8.85. The van der Waals surface area contributed by atoms with Gasteiger partial charge in [-0.1, -0.05) is 13.8 Å². The molecule has 0 aromatic carbocycles. The van der Waals surface area contributed by atoms with E-state index in [1.807, 2.05) is 13.8 Å². The molecule has 0 unspecified atom stereocenters. The van der Waals surface area contributed by atoms with Crippen molar-refractivity contribution in [2.24, 2.45) is 5.92 Å². The number of carbonyl (C=O) groups excluding carboxylic acids is 1. The van der Waals surface area contributed by atoms with Crippen molar-refractivity contribution in [3.8, 4) is 0 Å². The number of carbonyl (C=O) groups is 1. The fraction of sp³-hybridized carbons (Fsp3) is 0.889. The van der Waals surface area contributed by atoms with E-state index >= 15 is 0 Å². The monoisotopic (exact) mass is 200 g/mol. The summed E-state index contributed by atoms with van der Waals surface area (Å²) in [6.07, 6.45) is 1.50. The standard InChI is InChI=1S/C9H18O2.Ca.2H/c1-7(2)5-6-9(10)11-8(3)4;;;/h7-8H,5-6H2,1-4H3;;;. The van der Waals surface area contributed by atoms with Gasteiger partial charge in [0, 0.05) is 6.42 Å². The Bertz CT molecular complexity index is 122. The number of ether oxygens (including phenoxy) is 1. The van der Waals surface area contributed by atoms with Gasteiger partial charge in [0.1, 0.15) is 0 Å². The molecule has 70 valence electrons. The van der Waals surface area contributed by atoms with E-state index in [2.05, 4.69) is 13.8 Å². The summed E-state index contributed by atoms with van der Waals surface area (Å²) in [6.45, 7) is 7.94. The van der Waals surface area contributed by atoms with E-state index in [4.69, 9.17) is 4.74 Å². The fourth-order valence-corrected chi connectivity index (χ4v) is 0.728. The first kappa shape index (κ1) is 15.2. The first-order valence-corrected chi connectivity index (χ1v) is 4.22. The van der Waals surface area contributed by atoms with E-state index in [9.17, 15) is 4.79 Å². The van der Waals surface area contributed by atoms with Gasteiger partial charge in [-0.3, -0.25) is 4.79 Å². The number of hydrogen-bond donors (Lipinski definition) is 0. The van der Waals surface area contributed by atoms with Gasteiger partial charge in [0.15, 0.2) is 0 Å². The molecule has 0 atom stereocenters. The molecular weight excluding hydrogens is 180 g/mol. The maximum absolute atomic E-state index is 10.9. The van der Waals surface area contributed by atoms with Gasteiger partial charge in [0.2, 0.25) is 0 Å². The molecule has 0 radical (unpaired) electrons. The summed E-state index contributed by atoms with van der Waals surface area (Å²) in [5.41, 5.74) is 0. The van der Waals surface area contributed by atoms with Crippen LogP contribution in [0.3, 0.4) is 0 Å². The molecule has 3 heteroatoms. The molecule has 0 heterocycles. The summed E-state index contributed by atoms with van der Waals surface area (Å²) in [5.74, 6) is 0.503.